The molecule has 0 heterocycles. The van der Waals surface area contributed by atoms with Crippen LogP contribution in [0.1, 0.15) is 10.4 Å². The molecule has 5 nitrogen and oxygen atoms in total. The first-order valence-electron chi connectivity index (χ1n) is 3.41. The summed E-state index contributed by atoms with van der Waals surface area (Å²) in [4.78, 5) is 10.6. The van der Waals surface area contributed by atoms with E-state index in [1.54, 1.807) is 0 Å². The summed E-state index contributed by atoms with van der Waals surface area (Å²) in [5.41, 5.74) is 0.298. The Balaban J connectivity index is 3.08. The molecule has 1 rings (SSSR count). The van der Waals surface area contributed by atoms with Crippen LogP contribution in [-0.4, -0.2) is 19.8 Å². The quantitative estimate of drug-likeness (QED) is 0.735. The van der Waals surface area contributed by atoms with Gasteiger partial charge in [-0.25, -0.2) is 9.00 Å². The standard InChI is InChI=1S/C7H6BrNO4S/c8-5-2-1-4(7(10)11)3-6(5)9-14(12)13/h1-3,9H,(H,10,11)(H,12,13). The van der Waals surface area contributed by atoms with Crippen LogP contribution in [-0.2, 0) is 11.3 Å². The highest BCUT2D eigenvalue weighted by molar-refractivity contribution is 9.10. The Morgan fingerprint density at radius 2 is 2.14 bits per heavy atom. The van der Waals surface area contributed by atoms with Gasteiger partial charge in [0, 0.05) is 4.47 Å². The Morgan fingerprint density at radius 3 is 2.64 bits per heavy atom. The molecule has 0 aliphatic rings. The Bertz CT molecular complexity index is 395. The van der Waals surface area contributed by atoms with E-state index in [-0.39, 0.29) is 11.3 Å². The normalized spacial score (nSPS) is 12.1. The average molecular weight is 280 g/mol. The number of nitrogens with one attached hydrogen (secondary N) is 1. The molecule has 0 spiro atoms. The van der Waals surface area contributed by atoms with Gasteiger partial charge in [0.05, 0.1) is 11.3 Å². The van der Waals surface area contributed by atoms with Crippen LogP contribution in [0, 0.1) is 0 Å². The van der Waals surface area contributed by atoms with E-state index in [2.05, 4.69) is 20.7 Å². The Kier molecular flexibility index (Phi) is 3.62. The third-order valence-corrected chi connectivity index (χ3v) is 2.50. The summed E-state index contributed by atoms with van der Waals surface area (Å²) in [6, 6.07) is 4.14. The van der Waals surface area contributed by atoms with Crippen molar-refractivity contribution in [2.45, 2.75) is 0 Å². The number of halogens is 1. The predicted molar refractivity (Wildman–Crippen MR) is 55.5 cm³/mol. The van der Waals surface area contributed by atoms with Crippen molar-refractivity contribution < 1.29 is 18.7 Å². The summed E-state index contributed by atoms with van der Waals surface area (Å²) < 4.78 is 21.7. The van der Waals surface area contributed by atoms with Crippen molar-refractivity contribution in [3.8, 4) is 0 Å². The van der Waals surface area contributed by atoms with E-state index in [1.807, 2.05) is 0 Å². The lowest BCUT2D eigenvalue weighted by molar-refractivity contribution is 0.0697. The molecule has 0 radical (unpaired) electrons. The number of carbonyl (C=O) groups is 1. The summed E-state index contributed by atoms with van der Waals surface area (Å²) in [6.45, 7) is 0. The van der Waals surface area contributed by atoms with Gasteiger partial charge in [-0.15, -0.1) is 0 Å². The fourth-order valence-corrected chi connectivity index (χ4v) is 1.66. The second kappa shape index (κ2) is 4.54. The van der Waals surface area contributed by atoms with E-state index in [0.29, 0.717) is 4.47 Å². The zero-order valence-electron chi connectivity index (χ0n) is 6.73. The molecule has 0 aromatic heterocycles. The van der Waals surface area contributed by atoms with Crippen molar-refractivity contribution in [2.24, 2.45) is 0 Å². The van der Waals surface area contributed by atoms with Gasteiger partial charge in [0.2, 0.25) is 0 Å². The molecule has 0 aliphatic carbocycles. The maximum atomic E-state index is 10.6. The van der Waals surface area contributed by atoms with E-state index in [0.717, 1.165) is 0 Å². The van der Waals surface area contributed by atoms with Gasteiger partial charge < -0.3 is 5.11 Å². The van der Waals surface area contributed by atoms with E-state index < -0.39 is 17.2 Å². The monoisotopic (exact) mass is 279 g/mol. The minimum atomic E-state index is -2.22. The van der Waals surface area contributed by atoms with Crippen molar-refractivity contribution in [2.75, 3.05) is 4.72 Å². The number of hydrogen-bond donors (Lipinski definition) is 3. The molecule has 1 aromatic carbocycles. The number of hydrogen-bond acceptors (Lipinski definition) is 2. The van der Waals surface area contributed by atoms with Crippen molar-refractivity contribution in [3.05, 3.63) is 28.2 Å². The summed E-state index contributed by atoms with van der Waals surface area (Å²) in [5, 5.41) is 8.65. The molecule has 3 N–H and O–H groups in total. The fourth-order valence-electron chi connectivity index (χ4n) is 0.831. The van der Waals surface area contributed by atoms with Crippen LogP contribution in [0.4, 0.5) is 5.69 Å². The van der Waals surface area contributed by atoms with E-state index in [4.69, 9.17) is 9.66 Å². The van der Waals surface area contributed by atoms with Crippen molar-refractivity contribution in [1.29, 1.82) is 0 Å². The lowest BCUT2D eigenvalue weighted by Gasteiger charge is -2.04. The largest absolute Gasteiger partial charge is 0.478 e. The third kappa shape index (κ3) is 2.79. The van der Waals surface area contributed by atoms with Crippen LogP contribution >= 0.6 is 15.9 Å². The average Bonchev–Trinajstić information content (AvgIpc) is 2.07. The predicted octanol–water partition coefficient (Wildman–Crippen LogP) is 1.70. The summed E-state index contributed by atoms with van der Waals surface area (Å²) >= 11 is 0.886. The van der Waals surface area contributed by atoms with Gasteiger partial charge in [-0.2, -0.15) is 0 Å². The van der Waals surface area contributed by atoms with Crippen LogP contribution in [0.5, 0.6) is 0 Å². The highest BCUT2D eigenvalue weighted by Gasteiger charge is 2.07. The molecule has 0 saturated carbocycles. The summed E-state index contributed by atoms with van der Waals surface area (Å²) in [5.74, 6) is -1.09. The molecule has 0 aliphatic heterocycles. The van der Waals surface area contributed by atoms with Gasteiger partial charge >= 0.3 is 5.97 Å². The van der Waals surface area contributed by atoms with Gasteiger partial charge in [-0.3, -0.25) is 9.27 Å². The van der Waals surface area contributed by atoms with Crippen LogP contribution in [0.3, 0.4) is 0 Å². The first-order chi connectivity index (χ1) is 6.50. The zero-order valence-corrected chi connectivity index (χ0v) is 9.13. The minimum absolute atomic E-state index is 0.0427. The number of aromatic carboxylic acids is 1. The molecule has 76 valence electrons. The Hall–Kier alpha value is -0.920. The SMILES string of the molecule is O=C(O)c1ccc(Br)c(NS(=O)O)c1. The molecule has 1 atom stereocenters. The van der Waals surface area contributed by atoms with E-state index in [9.17, 15) is 9.00 Å². The summed E-state index contributed by atoms with van der Waals surface area (Å²) in [6.07, 6.45) is 0. The first kappa shape index (κ1) is 11.2. The zero-order chi connectivity index (χ0) is 10.7. The van der Waals surface area contributed by atoms with Crippen LogP contribution < -0.4 is 4.72 Å². The fraction of sp³-hybridized carbons (Fsp3) is 0. The van der Waals surface area contributed by atoms with Crippen LogP contribution in [0.15, 0.2) is 22.7 Å². The van der Waals surface area contributed by atoms with Crippen molar-refractivity contribution in [3.63, 3.8) is 0 Å². The topological polar surface area (TPSA) is 86.6 Å². The molecular weight excluding hydrogens is 274 g/mol. The molecule has 0 bridgehead atoms. The van der Waals surface area contributed by atoms with Gasteiger partial charge in [0.1, 0.15) is 0 Å². The second-order valence-corrected chi connectivity index (χ2v) is 3.91. The van der Waals surface area contributed by atoms with Crippen LogP contribution in [0.25, 0.3) is 0 Å². The van der Waals surface area contributed by atoms with Crippen molar-refractivity contribution >= 4 is 38.9 Å². The van der Waals surface area contributed by atoms with Crippen molar-refractivity contribution in [1.82, 2.24) is 0 Å². The summed E-state index contributed by atoms with van der Waals surface area (Å²) in [7, 11) is 0. The molecule has 0 amide bonds. The smallest absolute Gasteiger partial charge is 0.335 e. The number of carboxylic acids is 1. The van der Waals surface area contributed by atoms with Gasteiger partial charge in [-0.1, -0.05) is 0 Å². The minimum Gasteiger partial charge on any atom is -0.478 e. The maximum Gasteiger partial charge on any atom is 0.335 e. The molecule has 7 heteroatoms. The number of anilines is 1. The van der Waals surface area contributed by atoms with Gasteiger partial charge in [0.25, 0.3) is 11.3 Å². The van der Waals surface area contributed by atoms with Gasteiger partial charge in [-0.05, 0) is 34.1 Å². The molecule has 0 fully saturated rings. The number of carboxylic acid groups (broad SMARTS) is 1. The van der Waals surface area contributed by atoms with E-state index >= 15 is 0 Å². The highest BCUT2D eigenvalue weighted by atomic mass is 79.9. The molecule has 14 heavy (non-hydrogen) atoms. The molecule has 1 unspecified atom stereocenters. The third-order valence-electron chi connectivity index (χ3n) is 1.41. The van der Waals surface area contributed by atoms with Gasteiger partial charge in [0.15, 0.2) is 0 Å². The maximum absolute atomic E-state index is 10.6. The lowest BCUT2D eigenvalue weighted by Crippen LogP contribution is -2.04. The Morgan fingerprint density at radius 1 is 1.50 bits per heavy atom. The first-order valence-corrected chi connectivity index (χ1v) is 5.31. The number of rotatable bonds is 3. The Labute approximate surface area is 90.7 Å². The van der Waals surface area contributed by atoms with Crippen LogP contribution in [0.2, 0.25) is 0 Å². The number of benzene rings is 1. The van der Waals surface area contributed by atoms with E-state index in [1.165, 1.54) is 18.2 Å². The molecule has 1 aromatic rings. The lowest BCUT2D eigenvalue weighted by atomic mass is 10.2. The second-order valence-electron chi connectivity index (χ2n) is 2.35. The molecular formula is C7H6BrNO4S. The molecule has 0 saturated heterocycles. The highest BCUT2D eigenvalue weighted by Crippen LogP contribution is 2.23.